The van der Waals surface area contributed by atoms with Crippen molar-refractivity contribution in [2.45, 2.75) is 5.92 Å². The minimum Gasteiger partial charge on any atom is -0.468 e. The maximum Gasteiger partial charge on any atom is 0.315 e. The maximum absolute atomic E-state index is 11.3. The maximum atomic E-state index is 11.3. The molecule has 15 heavy (non-hydrogen) atoms. The molecule has 1 aromatic rings. The van der Waals surface area contributed by atoms with Crippen LogP contribution in [-0.4, -0.2) is 24.8 Å². The van der Waals surface area contributed by atoms with Gasteiger partial charge in [-0.05, 0) is 17.7 Å². The SMILES string of the molecule is COC(=O)C(CO)c1ccc(Cl)c(Cl)c1. The number of esters is 1. The highest BCUT2D eigenvalue weighted by Gasteiger charge is 2.20. The van der Waals surface area contributed by atoms with Crippen molar-refractivity contribution < 1.29 is 14.6 Å². The normalized spacial score (nSPS) is 12.3. The van der Waals surface area contributed by atoms with Gasteiger partial charge in [-0.25, -0.2) is 0 Å². The van der Waals surface area contributed by atoms with Crippen LogP contribution in [0.15, 0.2) is 18.2 Å². The van der Waals surface area contributed by atoms with Crippen LogP contribution in [0.5, 0.6) is 0 Å². The summed E-state index contributed by atoms with van der Waals surface area (Å²) in [5.74, 6) is -1.22. The van der Waals surface area contributed by atoms with Gasteiger partial charge >= 0.3 is 5.97 Å². The van der Waals surface area contributed by atoms with Gasteiger partial charge in [-0.2, -0.15) is 0 Å². The highest BCUT2D eigenvalue weighted by Crippen LogP contribution is 2.26. The van der Waals surface area contributed by atoms with E-state index in [1.807, 2.05) is 0 Å². The highest BCUT2D eigenvalue weighted by atomic mass is 35.5. The van der Waals surface area contributed by atoms with Crippen LogP contribution in [0.25, 0.3) is 0 Å². The fraction of sp³-hybridized carbons (Fsp3) is 0.300. The van der Waals surface area contributed by atoms with Gasteiger partial charge in [0.1, 0.15) is 5.92 Å². The number of carbonyl (C=O) groups excluding carboxylic acids is 1. The van der Waals surface area contributed by atoms with E-state index >= 15 is 0 Å². The average Bonchev–Trinajstić information content (AvgIpc) is 2.24. The van der Waals surface area contributed by atoms with Crippen LogP contribution >= 0.6 is 23.2 Å². The fourth-order valence-electron chi connectivity index (χ4n) is 1.19. The van der Waals surface area contributed by atoms with Gasteiger partial charge < -0.3 is 9.84 Å². The van der Waals surface area contributed by atoms with Crippen LogP contribution < -0.4 is 0 Å². The molecule has 0 bridgehead atoms. The predicted octanol–water partition coefficient (Wildman–Crippen LogP) is 2.24. The molecule has 0 aliphatic carbocycles. The number of hydrogen-bond donors (Lipinski definition) is 1. The Labute approximate surface area is 97.6 Å². The first kappa shape index (κ1) is 12.3. The third-order valence-corrected chi connectivity index (χ3v) is 2.75. The summed E-state index contributed by atoms with van der Waals surface area (Å²) in [5.41, 5.74) is 0.582. The van der Waals surface area contributed by atoms with E-state index in [9.17, 15) is 4.79 Å². The van der Waals surface area contributed by atoms with Crippen molar-refractivity contribution in [3.8, 4) is 0 Å². The summed E-state index contributed by atoms with van der Waals surface area (Å²) < 4.78 is 4.55. The van der Waals surface area contributed by atoms with E-state index in [-0.39, 0.29) is 6.61 Å². The van der Waals surface area contributed by atoms with Crippen molar-refractivity contribution in [1.29, 1.82) is 0 Å². The summed E-state index contributed by atoms with van der Waals surface area (Å²) in [6.45, 7) is -0.329. The molecule has 0 fully saturated rings. The van der Waals surface area contributed by atoms with Gasteiger partial charge in [0, 0.05) is 0 Å². The number of methoxy groups -OCH3 is 1. The van der Waals surface area contributed by atoms with E-state index < -0.39 is 11.9 Å². The zero-order chi connectivity index (χ0) is 11.4. The molecule has 0 heterocycles. The van der Waals surface area contributed by atoms with Crippen LogP contribution in [0, 0.1) is 0 Å². The fourth-order valence-corrected chi connectivity index (χ4v) is 1.49. The first-order chi connectivity index (χ1) is 7.10. The van der Waals surface area contributed by atoms with E-state index in [1.54, 1.807) is 18.2 Å². The Bertz CT molecular complexity index is 366. The standard InChI is InChI=1S/C10H10Cl2O3/c1-15-10(14)7(5-13)6-2-3-8(11)9(12)4-6/h2-4,7,13H,5H2,1H3. The zero-order valence-corrected chi connectivity index (χ0v) is 9.55. The average molecular weight is 249 g/mol. The van der Waals surface area contributed by atoms with Gasteiger partial charge in [0.2, 0.25) is 0 Å². The summed E-state index contributed by atoms with van der Waals surface area (Å²) in [4.78, 5) is 11.3. The monoisotopic (exact) mass is 248 g/mol. The van der Waals surface area contributed by atoms with Crippen LogP contribution in [-0.2, 0) is 9.53 Å². The lowest BCUT2D eigenvalue weighted by molar-refractivity contribution is -0.143. The molecule has 0 aliphatic heterocycles. The van der Waals surface area contributed by atoms with Crippen molar-refractivity contribution in [1.82, 2.24) is 0 Å². The number of rotatable bonds is 3. The minimum absolute atomic E-state index is 0.329. The lowest BCUT2D eigenvalue weighted by Crippen LogP contribution is -2.17. The van der Waals surface area contributed by atoms with Gasteiger partial charge in [0.25, 0.3) is 0 Å². The number of benzene rings is 1. The molecule has 1 aromatic carbocycles. The van der Waals surface area contributed by atoms with Gasteiger partial charge in [0.05, 0.1) is 23.8 Å². The molecular weight excluding hydrogens is 239 g/mol. The second-order valence-electron chi connectivity index (χ2n) is 2.93. The van der Waals surface area contributed by atoms with Gasteiger partial charge in [0.15, 0.2) is 0 Å². The lowest BCUT2D eigenvalue weighted by Gasteiger charge is -2.12. The molecular formula is C10H10Cl2O3. The zero-order valence-electron chi connectivity index (χ0n) is 8.04. The Kier molecular flexibility index (Phi) is 4.39. The Morgan fingerprint density at radius 3 is 2.60 bits per heavy atom. The molecule has 1 rings (SSSR count). The number of carbonyl (C=O) groups is 1. The van der Waals surface area contributed by atoms with Crippen LogP contribution in [0.2, 0.25) is 10.0 Å². The first-order valence-corrected chi connectivity index (χ1v) is 4.99. The van der Waals surface area contributed by atoms with Gasteiger partial charge in [-0.1, -0.05) is 29.3 Å². The number of hydrogen-bond acceptors (Lipinski definition) is 3. The second-order valence-corrected chi connectivity index (χ2v) is 3.75. The van der Waals surface area contributed by atoms with Crippen molar-refractivity contribution in [2.75, 3.05) is 13.7 Å². The van der Waals surface area contributed by atoms with E-state index in [2.05, 4.69) is 4.74 Å². The third-order valence-electron chi connectivity index (χ3n) is 2.01. The van der Waals surface area contributed by atoms with E-state index in [0.29, 0.717) is 15.6 Å². The Morgan fingerprint density at radius 1 is 1.47 bits per heavy atom. The molecule has 0 radical (unpaired) electrons. The second kappa shape index (κ2) is 5.35. The quantitative estimate of drug-likeness (QED) is 0.835. The molecule has 5 heteroatoms. The molecule has 3 nitrogen and oxygen atoms in total. The molecule has 0 amide bonds. The summed E-state index contributed by atoms with van der Waals surface area (Å²) in [7, 11) is 1.27. The summed E-state index contributed by atoms with van der Waals surface area (Å²) in [6, 6.07) is 4.75. The number of ether oxygens (including phenoxy) is 1. The van der Waals surface area contributed by atoms with Crippen LogP contribution in [0.4, 0.5) is 0 Å². The van der Waals surface area contributed by atoms with E-state index in [0.717, 1.165) is 0 Å². The number of aliphatic hydroxyl groups excluding tert-OH is 1. The predicted molar refractivity (Wildman–Crippen MR) is 58.3 cm³/mol. The number of halogens is 2. The van der Waals surface area contributed by atoms with E-state index in [1.165, 1.54) is 7.11 Å². The molecule has 82 valence electrons. The van der Waals surface area contributed by atoms with Gasteiger partial charge in [-0.15, -0.1) is 0 Å². The largest absolute Gasteiger partial charge is 0.468 e. The topological polar surface area (TPSA) is 46.5 Å². The molecule has 0 saturated carbocycles. The van der Waals surface area contributed by atoms with Crippen molar-refractivity contribution in [2.24, 2.45) is 0 Å². The Balaban J connectivity index is 3.02. The minimum atomic E-state index is -0.718. The highest BCUT2D eigenvalue weighted by molar-refractivity contribution is 6.42. The Morgan fingerprint density at radius 2 is 2.13 bits per heavy atom. The molecule has 1 atom stereocenters. The molecule has 1 unspecified atom stereocenters. The van der Waals surface area contributed by atoms with E-state index in [4.69, 9.17) is 28.3 Å². The summed E-state index contributed by atoms with van der Waals surface area (Å²) >= 11 is 11.5. The smallest absolute Gasteiger partial charge is 0.315 e. The number of aliphatic hydroxyl groups is 1. The molecule has 0 saturated heterocycles. The van der Waals surface area contributed by atoms with Crippen LogP contribution in [0.3, 0.4) is 0 Å². The molecule has 0 aromatic heterocycles. The van der Waals surface area contributed by atoms with Gasteiger partial charge in [-0.3, -0.25) is 4.79 Å². The molecule has 0 spiro atoms. The van der Waals surface area contributed by atoms with Crippen molar-refractivity contribution in [3.63, 3.8) is 0 Å². The third kappa shape index (κ3) is 2.84. The van der Waals surface area contributed by atoms with Crippen LogP contribution in [0.1, 0.15) is 11.5 Å². The molecule has 0 aliphatic rings. The van der Waals surface area contributed by atoms with Crippen molar-refractivity contribution in [3.05, 3.63) is 33.8 Å². The lowest BCUT2D eigenvalue weighted by atomic mass is 10.0. The Hall–Kier alpha value is -0.770. The van der Waals surface area contributed by atoms with Crippen molar-refractivity contribution >= 4 is 29.2 Å². The first-order valence-electron chi connectivity index (χ1n) is 4.23. The molecule has 1 N–H and O–H groups in total. The summed E-state index contributed by atoms with van der Waals surface area (Å²) in [6.07, 6.45) is 0. The summed E-state index contributed by atoms with van der Waals surface area (Å²) in [5, 5.41) is 9.81.